The molecular formula is C13H12N2O3S2. The second-order valence-electron chi connectivity index (χ2n) is 3.77. The summed E-state index contributed by atoms with van der Waals surface area (Å²) in [5.41, 5.74) is 0.407. The van der Waals surface area contributed by atoms with Crippen LogP contribution in [0.15, 0.2) is 34.7 Å². The molecule has 0 aliphatic rings. The molecule has 20 heavy (non-hydrogen) atoms. The predicted octanol–water partition coefficient (Wildman–Crippen LogP) is 3.04. The van der Waals surface area contributed by atoms with Gasteiger partial charge in [0.15, 0.2) is 5.13 Å². The van der Waals surface area contributed by atoms with E-state index < -0.39 is 5.97 Å². The van der Waals surface area contributed by atoms with E-state index in [1.165, 1.54) is 36.1 Å². The van der Waals surface area contributed by atoms with E-state index in [0.717, 1.165) is 5.03 Å². The van der Waals surface area contributed by atoms with Gasteiger partial charge in [-0.1, -0.05) is 6.07 Å². The number of esters is 1. The van der Waals surface area contributed by atoms with Crippen molar-refractivity contribution in [1.29, 1.82) is 0 Å². The smallest absolute Gasteiger partial charge is 0.308 e. The van der Waals surface area contributed by atoms with Crippen molar-refractivity contribution in [3.63, 3.8) is 0 Å². The van der Waals surface area contributed by atoms with Gasteiger partial charge in [-0.2, -0.15) is 0 Å². The topological polar surface area (TPSA) is 68.3 Å². The van der Waals surface area contributed by atoms with Gasteiger partial charge in [0.2, 0.25) is 0 Å². The van der Waals surface area contributed by atoms with Crippen molar-refractivity contribution in [2.45, 2.75) is 11.9 Å². The van der Waals surface area contributed by atoms with Gasteiger partial charge in [-0.05, 0) is 24.5 Å². The third-order valence-electron chi connectivity index (χ3n) is 2.27. The van der Waals surface area contributed by atoms with Gasteiger partial charge in [-0.25, -0.2) is 4.98 Å². The lowest BCUT2D eigenvalue weighted by Crippen LogP contribution is -2.12. The molecular weight excluding hydrogens is 296 g/mol. The third kappa shape index (κ3) is 3.82. The fourth-order valence-electron chi connectivity index (χ4n) is 1.45. The molecule has 2 rings (SSSR count). The lowest BCUT2D eigenvalue weighted by Gasteiger charge is -2.04. The van der Waals surface area contributed by atoms with Gasteiger partial charge in [0.25, 0.3) is 5.91 Å². The molecule has 0 radical (unpaired) electrons. The number of ether oxygens (including phenoxy) is 1. The Balaban J connectivity index is 2.10. The van der Waals surface area contributed by atoms with Gasteiger partial charge < -0.3 is 4.74 Å². The number of nitrogens with one attached hydrogen (secondary N) is 1. The van der Waals surface area contributed by atoms with Crippen LogP contribution < -0.4 is 10.1 Å². The molecule has 0 atom stereocenters. The molecule has 1 heterocycles. The summed E-state index contributed by atoms with van der Waals surface area (Å²) in [6.45, 7) is 1.31. The van der Waals surface area contributed by atoms with E-state index in [-0.39, 0.29) is 5.91 Å². The number of hydrogen-bond donors (Lipinski definition) is 1. The molecule has 0 saturated carbocycles. The van der Waals surface area contributed by atoms with E-state index in [4.69, 9.17) is 4.74 Å². The van der Waals surface area contributed by atoms with E-state index in [2.05, 4.69) is 10.3 Å². The number of aromatic nitrogens is 1. The summed E-state index contributed by atoms with van der Waals surface area (Å²) in [4.78, 5) is 27.2. The first-order valence-electron chi connectivity index (χ1n) is 5.68. The maximum absolute atomic E-state index is 12.1. The highest BCUT2D eigenvalue weighted by atomic mass is 32.2. The number of rotatable bonds is 4. The normalized spacial score (nSPS) is 10.1. The minimum atomic E-state index is -0.424. The van der Waals surface area contributed by atoms with Crippen molar-refractivity contribution < 1.29 is 14.3 Å². The van der Waals surface area contributed by atoms with Gasteiger partial charge in [-0.15, -0.1) is 23.1 Å². The van der Waals surface area contributed by atoms with Crippen molar-refractivity contribution in [2.75, 3.05) is 11.6 Å². The van der Waals surface area contributed by atoms with E-state index in [0.29, 0.717) is 16.4 Å². The molecule has 1 aromatic carbocycles. The zero-order valence-electron chi connectivity index (χ0n) is 10.9. The van der Waals surface area contributed by atoms with E-state index in [1.807, 2.05) is 11.6 Å². The molecule has 0 saturated heterocycles. The van der Waals surface area contributed by atoms with Crippen LogP contribution in [0.3, 0.4) is 0 Å². The second kappa shape index (κ2) is 6.53. The van der Waals surface area contributed by atoms with Gasteiger partial charge in [-0.3, -0.25) is 14.9 Å². The Labute approximate surface area is 124 Å². The van der Waals surface area contributed by atoms with Crippen molar-refractivity contribution in [1.82, 2.24) is 4.98 Å². The molecule has 1 N–H and O–H groups in total. The quantitative estimate of drug-likeness (QED) is 0.534. The largest absolute Gasteiger partial charge is 0.427 e. The predicted molar refractivity (Wildman–Crippen MR) is 79.6 cm³/mol. The molecule has 5 nitrogen and oxygen atoms in total. The van der Waals surface area contributed by atoms with Crippen molar-refractivity contribution >= 4 is 40.1 Å². The van der Waals surface area contributed by atoms with Crippen LogP contribution in [0.5, 0.6) is 5.75 Å². The standard InChI is InChI=1S/C13H12N2O3S2/c1-8(16)18-10-5-3-4-9(6-10)12(17)15-13-14-11(19-2)7-20-13/h3-7H,1-2H3,(H,14,15,17). The number of carbonyl (C=O) groups excluding carboxylic acids is 2. The van der Waals surface area contributed by atoms with Crippen molar-refractivity contribution in [3.8, 4) is 5.75 Å². The Morgan fingerprint density at radius 1 is 1.40 bits per heavy atom. The minimum absolute atomic E-state index is 0.291. The van der Waals surface area contributed by atoms with Crippen LogP contribution >= 0.6 is 23.1 Å². The molecule has 104 valence electrons. The first-order valence-corrected chi connectivity index (χ1v) is 7.78. The number of carbonyl (C=O) groups is 2. The van der Waals surface area contributed by atoms with Gasteiger partial charge in [0.05, 0.1) is 0 Å². The third-order valence-corrected chi connectivity index (χ3v) is 3.80. The Kier molecular flexibility index (Phi) is 4.75. The summed E-state index contributed by atoms with van der Waals surface area (Å²) >= 11 is 2.88. The monoisotopic (exact) mass is 308 g/mol. The Morgan fingerprint density at radius 2 is 2.20 bits per heavy atom. The molecule has 0 aliphatic heterocycles. The van der Waals surface area contributed by atoms with E-state index >= 15 is 0 Å². The zero-order chi connectivity index (χ0) is 14.5. The molecule has 0 unspecified atom stereocenters. The van der Waals surface area contributed by atoms with Gasteiger partial charge in [0, 0.05) is 17.9 Å². The second-order valence-corrected chi connectivity index (χ2v) is 5.46. The van der Waals surface area contributed by atoms with Crippen molar-refractivity contribution in [3.05, 3.63) is 35.2 Å². The van der Waals surface area contributed by atoms with Crippen LogP contribution in [-0.2, 0) is 4.79 Å². The summed E-state index contributed by atoms with van der Waals surface area (Å²) in [6.07, 6.45) is 1.92. The van der Waals surface area contributed by atoms with Crippen LogP contribution in [0.25, 0.3) is 0 Å². The van der Waals surface area contributed by atoms with Crippen LogP contribution in [0.4, 0.5) is 5.13 Å². The van der Waals surface area contributed by atoms with Crippen LogP contribution in [-0.4, -0.2) is 23.1 Å². The number of thiazole rings is 1. The Bertz CT molecular complexity index is 640. The maximum Gasteiger partial charge on any atom is 0.308 e. The highest BCUT2D eigenvalue weighted by Crippen LogP contribution is 2.23. The lowest BCUT2D eigenvalue weighted by molar-refractivity contribution is -0.131. The van der Waals surface area contributed by atoms with Crippen LogP contribution in [0.1, 0.15) is 17.3 Å². The number of nitrogens with zero attached hydrogens (tertiary/aromatic N) is 1. The number of benzene rings is 1. The number of hydrogen-bond acceptors (Lipinski definition) is 6. The molecule has 0 spiro atoms. The molecule has 0 fully saturated rings. The number of anilines is 1. The van der Waals surface area contributed by atoms with Crippen LogP contribution in [0, 0.1) is 0 Å². The highest BCUT2D eigenvalue weighted by molar-refractivity contribution is 7.98. The Morgan fingerprint density at radius 3 is 2.85 bits per heavy atom. The zero-order valence-corrected chi connectivity index (χ0v) is 12.5. The number of thioether (sulfide) groups is 1. The average molecular weight is 308 g/mol. The maximum atomic E-state index is 12.1. The van der Waals surface area contributed by atoms with E-state index in [9.17, 15) is 9.59 Å². The highest BCUT2D eigenvalue weighted by Gasteiger charge is 2.10. The number of amides is 1. The first-order chi connectivity index (χ1) is 9.58. The summed E-state index contributed by atoms with van der Waals surface area (Å²) in [7, 11) is 0. The Hall–Kier alpha value is -1.86. The van der Waals surface area contributed by atoms with Gasteiger partial charge >= 0.3 is 5.97 Å². The molecule has 7 heteroatoms. The fourth-order valence-corrected chi connectivity index (χ4v) is 2.78. The SMILES string of the molecule is CSc1csc(NC(=O)c2cccc(OC(C)=O)c2)n1. The molecule has 0 bridgehead atoms. The molecule has 2 aromatic rings. The summed E-state index contributed by atoms with van der Waals surface area (Å²) in [6, 6.07) is 6.43. The minimum Gasteiger partial charge on any atom is -0.427 e. The van der Waals surface area contributed by atoms with E-state index in [1.54, 1.807) is 18.2 Å². The average Bonchev–Trinajstić information content (AvgIpc) is 2.86. The molecule has 1 amide bonds. The fraction of sp³-hybridized carbons (Fsp3) is 0.154. The van der Waals surface area contributed by atoms with Crippen molar-refractivity contribution in [2.24, 2.45) is 0 Å². The van der Waals surface area contributed by atoms with Crippen LogP contribution in [0.2, 0.25) is 0 Å². The summed E-state index contributed by atoms with van der Waals surface area (Å²) in [5.74, 6) is -0.373. The molecule has 0 aliphatic carbocycles. The summed E-state index contributed by atoms with van der Waals surface area (Å²) in [5, 5.41) is 5.98. The first kappa shape index (κ1) is 14.5. The molecule has 1 aromatic heterocycles. The summed E-state index contributed by atoms with van der Waals surface area (Å²) < 4.78 is 4.94. The van der Waals surface area contributed by atoms with Gasteiger partial charge in [0.1, 0.15) is 10.8 Å². The lowest BCUT2D eigenvalue weighted by atomic mass is 10.2.